The highest BCUT2D eigenvalue weighted by molar-refractivity contribution is 5.35. The first-order chi connectivity index (χ1) is 11.2. The van der Waals surface area contributed by atoms with Crippen molar-refractivity contribution in [1.29, 1.82) is 0 Å². The predicted molar refractivity (Wildman–Crippen MR) is 97.8 cm³/mol. The lowest BCUT2D eigenvalue weighted by Crippen LogP contribution is -2.19. The predicted octanol–water partition coefficient (Wildman–Crippen LogP) is 5.02. The van der Waals surface area contributed by atoms with Crippen LogP contribution in [-0.2, 0) is 13.0 Å². The van der Waals surface area contributed by atoms with Crippen LogP contribution in [-0.4, -0.2) is 6.04 Å². The molecule has 0 heterocycles. The van der Waals surface area contributed by atoms with Gasteiger partial charge in [-0.05, 0) is 61.4 Å². The van der Waals surface area contributed by atoms with Crippen molar-refractivity contribution < 1.29 is 4.74 Å². The van der Waals surface area contributed by atoms with Crippen LogP contribution in [0.5, 0.6) is 5.75 Å². The van der Waals surface area contributed by atoms with Crippen molar-refractivity contribution in [3.05, 3.63) is 65.2 Å². The monoisotopic (exact) mass is 311 g/mol. The van der Waals surface area contributed by atoms with E-state index in [-0.39, 0.29) is 0 Å². The maximum Gasteiger partial charge on any atom is 0.120 e. The minimum absolute atomic E-state index is 0.355. The summed E-state index contributed by atoms with van der Waals surface area (Å²) >= 11 is 0. The van der Waals surface area contributed by atoms with E-state index in [4.69, 9.17) is 10.5 Å². The molecule has 0 aromatic heterocycles. The molecule has 2 nitrogen and oxygen atoms in total. The number of benzene rings is 2. The SMILES string of the molecule is CCCC(N)CCCc1ccc(OCc2ccccc2)cc1C. The lowest BCUT2D eigenvalue weighted by atomic mass is 9.99. The van der Waals surface area contributed by atoms with Gasteiger partial charge in [-0.25, -0.2) is 0 Å². The van der Waals surface area contributed by atoms with Gasteiger partial charge in [0.05, 0.1) is 0 Å². The molecule has 0 aliphatic rings. The Kier molecular flexibility index (Phi) is 7.15. The molecule has 1 unspecified atom stereocenters. The molecular weight excluding hydrogens is 282 g/mol. The lowest BCUT2D eigenvalue weighted by molar-refractivity contribution is 0.306. The van der Waals surface area contributed by atoms with Crippen molar-refractivity contribution in [3.8, 4) is 5.75 Å². The normalized spacial score (nSPS) is 12.1. The summed E-state index contributed by atoms with van der Waals surface area (Å²) in [5, 5.41) is 0. The highest BCUT2D eigenvalue weighted by atomic mass is 16.5. The van der Waals surface area contributed by atoms with Gasteiger partial charge in [0.1, 0.15) is 12.4 Å². The molecule has 0 bridgehead atoms. The molecule has 23 heavy (non-hydrogen) atoms. The summed E-state index contributed by atoms with van der Waals surface area (Å²) in [5.41, 5.74) is 9.99. The van der Waals surface area contributed by atoms with E-state index in [9.17, 15) is 0 Å². The molecule has 2 N–H and O–H groups in total. The molecule has 0 fully saturated rings. The van der Waals surface area contributed by atoms with Crippen molar-refractivity contribution in [1.82, 2.24) is 0 Å². The molecule has 0 saturated carbocycles. The van der Waals surface area contributed by atoms with E-state index in [1.165, 1.54) is 23.1 Å². The Morgan fingerprint density at radius 3 is 2.52 bits per heavy atom. The van der Waals surface area contributed by atoms with Crippen LogP contribution in [0.25, 0.3) is 0 Å². The summed E-state index contributed by atoms with van der Waals surface area (Å²) in [6.45, 7) is 4.97. The van der Waals surface area contributed by atoms with Crippen LogP contribution in [0.1, 0.15) is 49.3 Å². The second kappa shape index (κ2) is 9.36. The van der Waals surface area contributed by atoms with Crippen LogP contribution in [0.15, 0.2) is 48.5 Å². The van der Waals surface area contributed by atoms with Gasteiger partial charge in [0, 0.05) is 6.04 Å². The Bertz CT molecular complexity index is 580. The lowest BCUT2D eigenvalue weighted by Gasteiger charge is -2.12. The fourth-order valence-corrected chi connectivity index (χ4v) is 2.85. The Hall–Kier alpha value is -1.80. The number of hydrogen-bond acceptors (Lipinski definition) is 2. The number of hydrogen-bond donors (Lipinski definition) is 1. The number of rotatable bonds is 9. The highest BCUT2D eigenvalue weighted by Gasteiger charge is 2.04. The van der Waals surface area contributed by atoms with Gasteiger partial charge in [0.15, 0.2) is 0 Å². The molecular formula is C21H29NO. The second-order valence-electron chi connectivity index (χ2n) is 6.30. The van der Waals surface area contributed by atoms with Gasteiger partial charge in [-0.2, -0.15) is 0 Å². The fourth-order valence-electron chi connectivity index (χ4n) is 2.85. The minimum Gasteiger partial charge on any atom is -0.489 e. The maximum absolute atomic E-state index is 6.09. The van der Waals surface area contributed by atoms with Crippen LogP contribution in [0.4, 0.5) is 0 Å². The van der Waals surface area contributed by atoms with Crippen LogP contribution in [0.2, 0.25) is 0 Å². The standard InChI is InChI=1S/C21H29NO/c1-3-8-20(22)12-7-11-19-13-14-21(15-17(19)2)23-16-18-9-5-4-6-10-18/h4-6,9-10,13-15,20H,3,7-8,11-12,16,22H2,1-2H3. The van der Waals surface area contributed by atoms with Crippen molar-refractivity contribution in [2.24, 2.45) is 5.73 Å². The average Bonchev–Trinajstić information content (AvgIpc) is 2.56. The zero-order chi connectivity index (χ0) is 16.5. The van der Waals surface area contributed by atoms with Crippen LogP contribution < -0.4 is 10.5 Å². The Morgan fingerprint density at radius 2 is 1.83 bits per heavy atom. The van der Waals surface area contributed by atoms with E-state index in [1.807, 2.05) is 18.2 Å². The molecule has 124 valence electrons. The quantitative estimate of drug-likeness (QED) is 0.705. The summed E-state index contributed by atoms with van der Waals surface area (Å²) in [6, 6.07) is 17.0. The van der Waals surface area contributed by atoms with E-state index >= 15 is 0 Å². The molecule has 0 aliphatic carbocycles. The van der Waals surface area contributed by atoms with Crippen molar-refractivity contribution >= 4 is 0 Å². The molecule has 2 aromatic rings. The third-order valence-electron chi connectivity index (χ3n) is 4.24. The van der Waals surface area contributed by atoms with Gasteiger partial charge in [-0.1, -0.05) is 49.7 Å². The van der Waals surface area contributed by atoms with E-state index in [2.05, 4.69) is 44.2 Å². The molecule has 0 aliphatic heterocycles. The summed E-state index contributed by atoms with van der Waals surface area (Å²) in [5.74, 6) is 0.942. The minimum atomic E-state index is 0.355. The van der Waals surface area contributed by atoms with Crippen LogP contribution >= 0.6 is 0 Å². The molecule has 0 radical (unpaired) electrons. The van der Waals surface area contributed by atoms with Gasteiger partial charge in [0.2, 0.25) is 0 Å². The van der Waals surface area contributed by atoms with Crippen LogP contribution in [0.3, 0.4) is 0 Å². The van der Waals surface area contributed by atoms with Gasteiger partial charge in [-0.15, -0.1) is 0 Å². The van der Waals surface area contributed by atoms with Gasteiger partial charge in [-0.3, -0.25) is 0 Å². The zero-order valence-corrected chi connectivity index (χ0v) is 14.4. The summed E-state index contributed by atoms with van der Waals surface area (Å²) < 4.78 is 5.88. The van der Waals surface area contributed by atoms with Gasteiger partial charge >= 0.3 is 0 Å². The summed E-state index contributed by atoms with van der Waals surface area (Å²) in [4.78, 5) is 0. The third kappa shape index (κ3) is 6.07. The fraction of sp³-hybridized carbons (Fsp3) is 0.429. The highest BCUT2D eigenvalue weighted by Crippen LogP contribution is 2.20. The molecule has 2 aromatic carbocycles. The van der Waals surface area contributed by atoms with E-state index in [1.54, 1.807) is 0 Å². The first-order valence-electron chi connectivity index (χ1n) is 8.71. The van der Waals surface area contributed by atoms with Gasteiger partial charge in [0.25, 0.3) is 0 Å². The summed E-state index contributed by atoms with van der Waals surface area (Å²) in [6.07, 6.45) is 5.67. The molecule has 0 amide bonds. The smallest absolute Gasteiger partial charge is 0.120 e. The average molecular weight is 311 g/mol. The molecule has 2 rings (SSSR count). The third-order valence-corrected chi connectivity index (χ3v) is 4.24. The molecule has 0 spiro atoms. The first kappa shape index (κ1) is 17.6. The van der Waals surface area contributed by atoms with Gasteiger partial charge < -0.3 is 10.5 Å². The topological polar surface area (TPSA) is 35.2 Å². The van der Waals surface area contributed by atoms with Crippen molar-refractivity contribution in [2.45, 2.75) is 58.6 Å². The van der Waals surface area contributed by atoms with Crippen LogP contribution in [0, 0.1) is 6.92 Å². The van der Waals surface area contributed by atoms with E-state index in [0.717, 1.165) is 31.4 Å². The second-order valence-corrected chi connectivity index (χ2v) is 6.30. The number of nitrogens with two attached hydrogens (primary N) is 1. The Morgan fingerprint density at radius 1 is 1.04 bits per heavy atom. The molecule has 1 atom stereocenters. The van der Waals surface area contributed by atoms with E-state index < -0.39 is 0 Å². The first-order valence-corrected chi connectivity index (χ1v) is 8.71. The molecule has 0 saturated heterocycles. The number of aryl methyl sites for hydroxylation is 2. The Labute approximate surface area is 140 Å². The zero-order valence-electron chi connectivity index (χ0n) is 14.4. The summed E-state index contributed by atoms with van der Waals surface area (Å²) in [7, 11) is 0. The van der Waals surface area contributed by atoms with Crippen molar-refractivity contribution in [3.63, 3.8) is 0 Å². The maximum atomic E-state index is 6.09. The Balaban J connectivity index is 1.83. The molecule has 2 heteroatoms. The van der Waals surface area contributed by atoms with Crippen molar-refractivity contribution in [2.75, 3.05) is 0 Å². The number of ether oxygens (including phenoxy) is 1. The largest absolute Gasteiger partial charge is 0.489 e. The van der Waals surface area contributed by atoms with E-state index in [0.29, 0.717) is 12.6 Å².